The van der Waals surface area contributed by atoms with Gasteiger partial charge in [-0.3, -0.25) is 0 Å². The van der Waals surface area contributed by atoms with Crippen LogP contribution in [-0.2, 0) is 0 Å². The lowest BCUT2D eigenvalue weighted by Gasteiger charge is -2.24. The van der Waals surface area contributed by atoms with Crippen molar-refractivity contribution in [2.75, 3.05) is 7.11 Å². The second-order valence-electron chi connectivity index (χ2n) is 3.83. The van der Waals surface area contributed by atoms with E-state index in [2.05, 4.69) is 0 Å². The van der Waals surface area contributed by atoms with E-state index >= 15 is 0 Å². The normalized spacial score (nSPS) is 13.8. The largest absolute Gasteiger partial charge is 0.497 e. The summed E-state index contributed by atoms with van der Waals surface area (Å²) in [6.45, 7) is 3.13. The van der Waals surface area contributed by atoms with Gasteiger partial charge in [-0.15, -0.1) is 0 Å². The molecule has 1 rings (SSSR count). The molecule has 3 nitrogen and oxygen atoms in total. The van der Waals surface area contributed by atoms with Crippen molar-refractivity contribution in [3.05, 3.63) is 29.8 Å². The molecule has 0 aliphatic carbocycles. The maximum Gasteiger partial charge on any atom is 0.119 e. The zero-order valence-corrected chi connectivity index (χ0v) is 8.69. The lowest BCUT2D eigenvalue weighted by Crippen LogP contribution is -2.28. The van der Waals surface area contributed by atoms with Crippen molar-refractivity contribution < 1.29 is 14.9 Å². The Hall–Kier alpha value is -1.06. The van der Waals surface area contributed by atoms with Crippen molar-refractivity contribution in [2.45, 2.75) is 25.6 Å². The summed E-state index contributed by atoms with van der Waals surface area (Å²) in [6, 6.07) is 7.04. The highest BCUT2D eigenvalue weighted by atomic mass is 16.5. The average Bonchev–Trinajstić information content (AvgIpc) is 2.15. The number of ether oxygens (including phenoxy) is 1. The quantitative estimate of drug-likeness (QED) is 0.770. The summed E-state index contributed by atoms with van der Waals surface area (Å²) in [7, 11) is 1.57. The van der Waals surface area contributed by atoms with Crippen molar-refractivity contribution in [3.63, 3.8) is 0 Å². The van der Waals surface area contributed by atoms with Crippen molar-refractivity contribution in [3.8, 4) is 5.75 Å². The van der Waals surface area contributed by atoms with E-state index < -0.39 is 11.7 Å². The van der Waals surface area contributed by atoms with Crippen LogP contribution in [-0.4, -0.2) is 22.9 Å². The molecule has 1 aromatic carbocycles. The number of rotatable bonds is 3. The van der Waals surface area contributed by atoms with Gasteiger partial charge < -0.3 is 14.9 Å². The number of aliphatic hydroxyl groups excluding tert-OH is 1. The lowest BCUT2D eigenvalue weighted by molar-refractivity contribution is -0.0497. The number of hydrogen-bond donors (Lipinski definition) is 2. The van der Waals surface area contributed by atoms with Gasteiger partial charge in [-0.05, 0) is 31.5 Å². The molecule has 1 aromatic rings. The van der Waals surface area contributed by atoms with Crippen LogP contribution in [0.5, 0.6) is 5.75 Å². The maximum absolute atomic E-state index is 9.77. The summed E-state index contributed by atoms with van der Waals surface area (Å²) in [5, 5.41) is 19.4. The molecular formula is C11H16O3. The zero-order valence-electron chi connectivity index (χ0n) is 8.69. The van der Waals surface area contributed by atoms with Crippen molar-refractivity contribution in [1.82, 2.24) is 0 Å². The van der Waals surface area contributed by atoms with E-state index in [1.807, 2.05) is 0 Å². The molecular weight excluding hydrogens is 180 g/mol. The number of aliphatic hydroxyl groups is 2. The number of benzene rings is 1. The van der Waals surface area contributed by atoms with E-state index in [1.165, 1.54) is 0 Å². The zero-order chi connectivity index (χ0) is 10.8. The average molecular weight is 196 g/mol. The summed E-state index contributed by atoms with van der Waals surface area (Å²) >= 11 is 0. The lowest BCUT2D eigenvalue weighted by atomic mass is 9.95. The molecule has 0 spiro atoms. The highest BCUT2D eigenvalue weighted by molar-refractivity contribution is 5.30. The third-order valence-electron chi connectivity index (χ3n) is 2.08. The summed E-state index contributed by atoms with van der Waals surface area (Å²) in [5.41, 5.74) is -0.497. The molecule has 0 saturated heterocycles. The van der Waals surface area contributed by atoms with Gasteiger partial charge in [0.15, 0.2) is 0 Å². The minimum absolute atomic E-state index is 0.650. The Morgan fingerprint density at radius 1 is 1.36 bits per heavy atom. The summed E-state index contributed by atoms with van der Waals surface area (Å²) in [5.74, 6) is 0.672. The predicted molar refractivity (Wildman–Crippen MR) is 54.3 cm³/mol. The molecule has 1 atom stereocenters. The van der Waals surface area contributed by atoms with Gasteiger partial charge in [-0.25, -0.2) is 0 Å². The molecule has 0 saturated carbocycles. The Labute approximate surface area is 84.0 Å². The Bertz CT molecular complexity index is 302. The fourth-order valence-electron chi connectivity index (χ4n) is 1.22. The maximum atomic E-state index is 9.77. The van der Waals surface area contributed by atoms with Crippen LogP contribution in [0, 0.1) is 0 Å². The Balaban J connectivity index is 2.95. The van der Waals surface area contributed by atoms with Crippen LogP contribution in [0.4, 0.5) is 0 Å². The molecule has 2 N–H and O–H groups in total. The van der Waals surface area contributed by atoms with Gasteiger partial charge in [0.1, 0.15) is 11.9 Å². The van der Waals surface area contributed by atoms with E-state index in [4.69, 9.17) is 4.74 Å². The molecule has 0 radical (unpaired) electrons. The second kappa shape index (κ2) is 3.98. The molecule has 14 heavy (non-hydrogen) atoms. The van der Waals surface area contributed by atoms with Crippen molar-refractivity contribution >= 4 is 0 Å². The van der Waals surface area contributed by atoms with Gasteiger partial charge in [-0.1, -0.05) is 12.1 Å². The SMILES string of the molecule is COc1cccc(C(O)C(C)(C)O)c1. The van der Waals surface area contributed by atoms with Crippen LogP contribution >= 0.6 is 0 Å². The first-order valence-electron chi connectivity index (χ1n) is 4.49. The number of methoxy groups -OCH3 is 1. The third kappa shape index (κ3) is 2.47. The molecule has 0 bridgehead atoms. The molecule has 0 aliphatic rings. The molecule has 0 aliphatic heterocycles. The molecule has 0 fully saturated rings. The summed E-state index contributed by atoms with van der Waals surface area (Å²) in [6.07, 6.45) is -0.905. The van der Waals surface area contributed by atoms with E-state index in [9.17, 15) is 10.2 Å². The van der Waals surface area contributed by atoms with Crippen LogP contribution in [0.2, 0.25) is 0 Å². The van der Waals surface area contributed by atoms with E-state index in [-0.39, 0.29) is 0 Å². The fourth-order valence-corrected chi connectivity index (χ4v) is 1.22. The minimum Gasteiger partial charge on any atom is -0.497 e. The van der Waals surface area contributed by atoms with Gasteiger partial charge >= 0.3 is 0 Å². The van der Waals surface area contributed by atoms with E-state index in [0.717, 1.165) is 0 Å². The Morgan fingerprint density at radius 3 is 2.50 bits per heavy atom. The Morgan fingerprint density at radius 2 is 2.00 bits per heavy atom. The van der Waals surface area contributed by atoms with Gasteiger partial charge in [0.2, 0.25) is 0 Å². The smallest absolute Gasteiger partial charge is 0.119 e. The number of hydrogen-bond acceptors (Lipinski definition) is 3. The molecule has 0 amide bonds. The van der Waals surface area contributed by atoms with Crippen LogP contribution < -0.4 is 4.74 Å². The van der Waals surface area contributed by atoms with Gasteiger partial charge in [0, 0.05) is 0 Å². The molecule has 0 aromatic heterocycles. The standard InChI is InChI=1S/C11H16O3/c1-11(2,13)10(12)8-5-4-6-9(7-8)14-3/h4-7,10,12-13H,1-3H3. The van der Waals surface area contributed by atoms with Crippen LogP contribution in [0.15, 0.2) is 24.3 Å². The fraction of sp³-hybridized carbons (Fsp3) is 0.455. The highest BCUT2D eigenvalue weighted by Crippen LogP contribution is 2.27. The predicted octanol–water partition coefficient (Wildman–Crippen LogP) is 1.50. The first-order chi connectivity index (χ1) is 6.45. The summed E-state index contributed by atoms with van der Waals surface area (Å²) < 4.78 is 5.02. The van der Waals surface area contributed by atoms with E-state index in [0.29, 0.717) is 11.3 Å². The monoisotopic (exact) mass is 196 g/mol. The van der Waals surface area contributed by atoms with E-state index in [1.54, 1.807) is 45.2 Å². The molecule has 1 unspecified atom stereocenters. The topological polar surface area (TPSA) is 49.7 Å². The third-order valence-corrected chi connectivity index (χ3v) is 2.08. The highest BCUT2D eigenvalue weighted by Gasteiger charge is 2.26. The minimum atomic E-state index is -1.15. The van der Waals surface area contributed by atoms with Crippen molar-refractivity contribution in [1.29, 1.82) is 0 Å². The van der Waals surface area contributed by atoms with Crippen LogP contribution in [0.3, 0.4) is 0 Å². The Kier molecular flexibility index (Phi) is 3.13. The van der Waals surface area contributed by atoms with Crippen LogP contribution in [0.1, 0.15) is 25.5 Å². The van der Waals surface area contributed by atoms with Gasteiger partial charge in [0.05, 0.1) is 12.7 Å². The summed E-state index contributed by atoms with van der Waals surface area (Å²) in [4.78, 5) is 0. The van der Waals surface area contributed by atoms with Gasteiger partial charge in [-0.2, -0.15) is 0 Å². The first kappa shape index (κ1) is 11.0. The van der Waals surface area contributed by atoms with Gasteiger partial charge in [0.25, 0.3) is 0 Å². The molecule has 3 heteroatoms. The molecule has 0 heterocycles. The van der Waals surface area contributed by atoms with Crippen LogP contribution in [0.25, 0.3) is 0 Å². The molecule has 78 valence electrons. The van der Waals surface area contributed by atoms with Crippen molar-refractivity contribution in [2.24, 2.45) is 0 Å². The first-order valence-corrected chi connectivity index (χ1v) is 4.49. The second-order valence-corrected chi connectivity index (χ2v) is 3.83.